The van der Waals surface area contributed by atoms with Gasteiger partial charge in [0.05, 0.1) is 44.8 Å². The van der Waals surface area contributed by atoms with E-state index in [-0.39, 0.29) is 16.7 Å². The molecule has 0 bridgehead atoms. The highest BCUT2D eigenvalue weighted by Crippen LogP contribution is 2.12. The number of carbonyl (C=O) groups is 1. The van der Waals surface area contributed by atoms with Crippen molar-refractivity contribution in [2.75, 3.05) is 42.9 Å². The van der Waals surface area contributed by atoms with Crippen LogP contribution in [0.2, 0.25) is 0 Å². The van der Waals surface area contributed by atoms with Crippen LogP contribution in [-0.2, 0) is 4.79 Å². The van der Waals surface area contributed by atoms with Crippen molar-refractivity contribution in [2.45, 2.75) is 6.42 Å². The number of halogens is 1. The number of hydrogen-bond acceptors (Lipinski definition) is 3. The molecule has 1 heterocycles. The van der Waals surface area contributed by atoms with Crippen molar-refractivity contribution in [1.29, 1.82) is 0 Å². The van der Waals surface area contributed by atoms with E-state index in [9.17, 15) is 9.18 Å². The molecule has 0 radical (unpaired) electrons. The number of nitrogens with one attached hydrogen (secondary N) is 4. The van der Waals surface area contributed by atoms with Crippen molar-refractivity contribution in [1.82, 2.24) is 10.9 Å². The molecule has 4 N–H and O–H groups in total. The first kappa shape index (κ1) is 20.0. The summed E-state index contributed by atoms with van der Waals surface area (Å²) in [6.45, 7) is 4.74. The van der Waals surface area contributed by atoms with E-state index in [2.05, 4.69) is 45.3 Å². The standard InChI is InChI=1S/C20H24FN5OS/c21-17-8-4-5-9-18(17)22-20(28)24-23-19(27)10-11-25-12-14-26(15-13-25)16-6-2-1-3-7-16/h1-9H,10-15H2,(H,23,27)(H2,22,24,28)/p+1. The predicted octanol–water partition coefficient (Wildman–Crippen LogP) is 0.939. The number of anilines is 2. The molecule has 2 aromatic carbocycles. The first-order chi connectivity index (χ1) is 13.6. The molecule has 6 nitrogen and oxygen atoms in total. The summed E-state index contributed by atoms with van der Waals surface area (Å²) in [5.74, 6) is -0.549. The van der Waals surface area contributed by atoms with Crippen LogP contribution < -0.4 is 26.0 Å². The number of para-hydroxylation sites is 2. The number of benzene rings is 2. The molecule has 3 rings (SSSR count). The molecule has 28 heavy (non-hydrogen) atoms. The number of carbonyl (C=O) groups excluding carboxylic acids is 1. The van der Waals surface area contributed by atoms with E-state index >= 15 is 0 Å². The first-order valence-corrected chi connectivity index (χ1v) is 9.76. The average molecular weight is 403 g/mol. The lowest BCUT2D eigenvalue weighted by molar-refractivity contribution is -0.900. The number of amides is 1. The van der Waals surface area contributed by atoms with Gasteiger partial charge in [-0.2, -0.15) is 0 Å². The number of hydrazine groups is 1. The van der Waals surface area contributed by atoms with E-state index in [4.69, 9.17) is 12.2 Å². The van der Waals surface area contributed by atoms with Gasteiger partial charge in [-0.25, -0.2) is 4.39 Å². The molecule has 1 fully saturated rings. The highest BCUT2D eigenvalue weighted by Gasteiger charge is 2.20. The van der Waals surface area contributed by atoms with Crippen molar-refractivity contribution in [3.63, 3.8) is 0 Å². The zero-order valence-electron chi connectivity index (χ0n) is 15.6. The Morgan fingerprint density at radius 3 is 2.43 bits per heavy atom. The molecule has 0 unspecified atom stereocenters. The first-order valence-electron chi connectivity index (χ1n) is 9.36. The molecule has 2 aromatic rings. The topological polar surface area (TPSA) is 60.8 Å². The minimum atomic E-state index is -0.406. The second-order valence-corrected chi connectivity index (χ2v) is 7.09. The van der Waals surface area contributed by atoms with Gasteiger partial charge in [-0.05, 0) is 36.5 Å². The van der Waals surface area contributed by atoms with Gasteiger partial charge in [0, 0.05) is 5.69 Å². The van der Waals surface area contributed by atoms with Gasteiger partial charge in [0.2, 0.25) is 5.91 Å². The van der Waals surface area contributed by atoms with Crippen LogP contribution in [0.5, 0.6) is 0 Å². The summed E-state index contributed by atoms with van der Waals surface area (Å²) in [4.78, 5) is 15.8. The van der Waals surface area contributed by atoms with Gasteiger partial charge in [0.25, 0.3) is 0 Å². The summed E-state index contributed by atoms with van der Waals surface area (Å²) >= 11 is 5.07. The Hall–Kier alpha value is -2.71. The number of piperazine rings is 1. The monoisotopic (exact) mass is 402 g/mol. The Kier molecular flexibility index (Phi) is 7.16. The van der Waals surface area contributed by atoms with E-state index < -0.39 is 5.82 Å². The summed E-state index contributed by atoms with van der Waals surface area (Å²) in [6, 6.07) is 16.6. The molecule has 1 aliphatic heterocycles. The molecule has 0 atom stereocenters. The molecule has 1 aliphatic rings. The smallest absolute Gasteiger partial charge is 0.244 e. The molecule has 0 aliphatic carbocycles. The van der Waals surface area contributed by atoms with Crippen molar-refractivity contribution in [3.8, 4) is 0 Å². The molecule has 148 valence electrons. The number of hydrogen-bond donors (Lipinski definition) is 4. The predicted molar refractivity (Wildman–Crippen MR) is 113 cm³/mol. The minimum absolute atomic E-state index is 0.141. The van der Waals surface area contributed by atoms with Gasteiger partial charge < -0.3 is 15.1 Å². The van der Waals surface area contributed by atoms with E-state index in [0.29, 0.717) is 6.42 Å². The Balaban J connectivity index is 1.33. The maximum Gasteiger partial charge on any atom is 0.244 e. The fraction of sp³-hybridized carbons (Fsp3) is 0.300. The lowest BCUT2D eigenvalue weighted by atomic mass is 10.2. The van der Waals surface area contributed by atoms with Crippen LogP contribution in [0.15, 0.2) is 54.6 Å². The number of quaternary nitrogens is 1. The number of thiocarbonyl (C=S) groups is 1. The maximum absolute atomic E-state index is 13.6. The maximum atomic E-state index is 13.6. The van der Waals surface area contributed by atoms with Crippen LogP contribution >= 0.6 is 12.2 Å². The lowest BCUT2D eigenvalue weighted by Gasteiger charge is -2.33. The molecule has 0 saturated carbocycles. The molecule has 0 aromatic heterocycles. The van der Waals surface area contributed by atoms with Crippen molar-refractivity contribution in [2.24, 2.45) is 0 Å². The second-order valence-electron chi connectivity index (χ2n) is 6.68. The van der Waals surface area contributed by atoms with Gasteiger partial charge in [-0.15, -0.1) is 0 Å². The summed E-state index contributed by atoms with van der Waals surface area (Å²) < 4.78 is 13.6. The number of nitrogens with zero attached hydrogens (tertiary/aromatic N) is 1. The third-order valence-electron chi connectivity index (χ3n) is 4.74. The van der Waals surface area contributed by atoms with Crippen LogP contribution in [-0.4, -0.2) is 43.7 Å². The van der Waals surface area contributed by atoms with E-state index in [1.54, 1.807) is 18.2 Å². The van der Waals surface area contributed by atoms with Gasteiger partial charge >= 0.3 is 0 Å². The molecule has 0 spiro atoms. The molecule has 1 saturated heterocycles. The number of rotatable bonds is 5. The second kappa shape index (κ2) is 10.0. The van der Waals surface area contributed by atoms with Crippen LogP contribution in [0.25, 0.3) is 0 Å². The zero-order valence-corrected chi connectivity index (χ0v) is 16.4. The van der Waals surface area contributed by atoms with Gasteiger partial charge in [0.1, 0.15) is 5.82 Å². The SMILES string of the molecule is O=C(CC[NH+]1CCN(c2ccccc2)CC1)NNC(=S)Nc1ccccc1F. The third kappa shape index (κ3) is 5.90. The van der Waals surface area contributed by atoms with Crippen molar-refractivity contribution >= 4 is 34.6 Å². The Morgan fingerprint density at radius 1 is 1.04 bits per heavy atom. The highest BCUT2D eigenvalue weighted by atomic mass is 32.1. The normalized spacial score (nSPS) is 14.4. The summed E-state index contributed by atoms with van der Waals surface area (Å²) in [7, 11) is 0. The zero-order chi connectivity index (χ0) is 19.8. The largest absolute Gasteiger partial charge is 0.360 e. The lowest BCUT2D eigenvalue weighted by Crippen LogP contribution is -3.15. The average Bonchev–Trinajstić information content (AvgIpc) is 2.73. The minimum Gasteiger partial charge on any atom is -0.360 e. The van der Waals surface area contributed by atoms with Crippen LogP contribution in [0.4, 0.5) is 15.8 Å². The van der Waals surface area contributed by atoms with Gasteiger partial charge in [0.15, 0.2) is 5.11 Å². The van der Waals surface area contributed by atoms with Crippen LogP contribution in [0, 0.1) is 5.82 Å². The summed E-state index contributed by atoms with van der Waals surface area (Å²) in [5, 5.41) is 2.85. The molecular weight excluding hydrogens is 377 g/mol. The van der Waals surface area contributed by atoms with Crippen LogP contribution in [0.3, 0.4) is 0 Å². The van der Waals surface area contributed by atoms with Gasteiger partial charge in [-0.1, -0.05) is 30.3 Å². The van der Waals surface area contributed by atoms with E-state index in [1.165, 1.54) is 16.7 Å². The van der Waals surface area contributed by atoms with Crippen molar-refractivity contribution in [3.05, 3.63) is 60.4 Å². The fourth-order valence-electron chi connectivity index (χ4n) is 3.17. The van der Waals surface area contributed by atoms with Gasteiger partial charge in [-0.3, -0.25) is 15.6 Å². The quantitative estimate of drug-likeness (QED) is 0.443. The van der Waals surface area contributed by atoms with Crippen molar-refractivity contribution < 1.29 is 14.1 Å². The third-order valence-corrected chi connectivity index (χ3v) is 4.94. The molecule has 1 amide bonds. The van der Waals surface area contributed by atoms with Crippen LogP contribution in [0.1, 0.15) is 6.42 Å². The fourth-order valence-corrected chi connectivity index (χ4v) is 3.33. The van der Waals surface area contributed by atoms with E-state index in [1.807, 2.05) is 6.07 Å². The molecule has 8 heteroatoms. The molecular formula is C20H25FN5OS+. The van der Waals surface area contributed by atoms with E-state index in [0.717, 1.165) is 32.7 Å². The summed E-state index contributed by atoms with van der Waals surface area (Å²) in [6.07, 6.45) is 0.399. The Morgan fingerprint density at radius 2 is 1.71 bits per heavy atom. The Bertz CT molecular complexity index is 796. The summed E-state index contributed by atoms with van der Waals surface area (Å²) in [5.41, 5.74) is 6.68. The Labute approximate surface area is 169 Å². The highest BCUT2D eigenvalue weighted by molar-refractivity contribution is 7.80.